The number of benzene rings is 1. The third kappa shape index (κ3) is 7.83. The van der Waals surface area contributed by atoms with Gasteiger partial charge < -0.3 is 21.3 Å². The van der Waals surface area contributed by atoms with Gasteiger partial charge in [0.25, 0.3) is 0 Å². The second-order valence-corrected chi connectivity index (χ2v) is 7.29. The van der Waals surface area contributed by atoms with E-state index in [4.69, 9.17) is 17.3 Å². The summed E-state index contributed by atoms with van der Waals surface area (Å²) in [5.41, 5.74) is 6.97. The highest BCUT2D eigenvalue weighted by Gasteiger charge is 2.23. The monoisotopic (exact) mass is 521 g/mol. The van der Waals surface area contributed by atoms with Crippen LogP contribution >= 0.6 is 35.6 Å². The number of rotatable bonds is 6. The van der Waals surface area contributed by atoms with Crippen molar-refractivity contribution in [3.63, 3.8) is 0 Å². The molecule has 1 unspecified atom stereocenters. The molecule has 0 aliphatic carbocycles. The molecule has 1 saturated heterocycles. The molecule has 1 aromatic rings. The lowest BCUT2D eigenvalue weighted by molar-refractivity contribution is -0.119. The third-order valence-electron chi connectivity index (χ3n) is 4.55. The van der Waals surface area contributed by atoms with E-state index < -0.39 is 0 Å². The van der Waals surface area contributed by atoms with E-state index in [1.807, 2.05) is 19.1 Å². The first kappa shape index (κ1) is 24.5. The van der Waals surface area contributed by atoms with Crippen LogP contribution in [0.2, 0.25) is 5.02 Å². The highest BCUT2D eigenvalue weighted by Crippen LogP contribution is 2.23. The van der Waals surface area contributed by atoms with E-state index in [0.29, 0.717) is 30.1 Å². The number of nitrogens with zero attached hydrogens (tertiary/aromatic N) is 2. The minimum absolute atomic E-state index is 0. The number of nitrogens with one attached hydrogen (secondary N) is 2. The molecule has 0 saturated carbocycles. The number of anilines is 1. The Labute approximate surface area is 188 Å². The van der Waals surface area contributed by atoms with Gasteiger partial charge in [-0.1, -0.05) is 17.7 Å². The van der Waals surface area contributed by atoms with Crippen molar-refractivity contribution >= 4 is 59.0 Å². The zero-order chi connectivity index (χ0) is 19.8. The second kappa shape index (κ2) is 12.1. The average molecular weight is 522 g/mol. The number of aliphatic imine (C=N–C) groups is 1. The molecule has 4 N–H and O–H groups in total. The van der Waals surface area contributed by atoms with E-state index >= 15 is 0 Å². The molecule has 2 amide bonds. The summed E-state index contributed by atoms with van der Waals surface area (Å²) in [4.78, 5) is 29.7. The number of nitrogens with two attached hydrogens (primary N) is 1. The Morgan fingerprint density at radius 3 is 2.79 bits per heavy atom. The molecule has 2 rings (SSSR count). The maximum absolute atomic E-state index is 12.2. The number of halogens is 2. The van der Waals surface area contributed by atoms with Gasteiger partial charge in [0.05, 0.1) is 10.7 Å². The van der Waals surface area contributed by atoms with Gasteiger partial charge >= 0.3 is 0 Å². The Morgan fingerprint density at radius 2 is 2.14 bits per heavy atom. The maximum Gasteiger partial charge on any atom is 0.226 e. The Bertz CT molecular complexity index is 714. The summed E-state index contributed by atoms with van der Waals surface area (Å²) in [7, 11) is 1.71. The van der Waals surface area contributed by atoms with Gasteiger partial charge in [-0.25, -0.2) is 0 Å². The summed E-state index contributed by atoms with van der Waals surface area (Å²) in [5.74, 6) is 0.609. The van der Waals surface area contributed by atoms with Crippen LogP contribution in [0.4, 0.5) is 5.69 Å². The largest absolute Gasteiger partial charge is 0.370 e. The number of carbonyl (C=O) groups is 2. The molecule has 1 aromatic carbocycles. The standard InChI is InChI=1S/C19H28ClN5O2.HI/c1-13-5-6-16(15(20)10-13)24-18(27)7-8-23-19(22-2)25-9-3-4-14(12-25)11-17(21)26;/h5-6,10,14H,3-4,7-9,11-12H2,1-2H3,(H2,21,26)(H,22,23)(H,24,27);1H. The van der Waals surface area contributed by atoms with E-state index in [0.717, 1.165) is 37.5 Å². The van der Waals surface area contributed by atoms with Crippen LogP contribution in [-0.4, -0.2) is 49.4 Å². The van der Waals surface area contributed by atoms with Crippen LogP contribution in [0.25, 0.3) is 0 Å². The number of likely N-dealkylation sites (tertiary alicyclic amines) is 1. The van der Waals surface area contributed by atoms with Crippen LogP contribution in [0.5, 0.6) is 0 Å². The van der Waals surface area contributed by atoms with Crippen LogP contribution in [0, 0.1) is 12.8 Å². The second-order valence-electron chi connectivity index (χ2n) is 6.88. The van der Waals surface area contributed by atoms with Crippen LogP contribution in [-0.2, 0) is 9.59 Å². The number of piperidine rings is 1. The van der Waals surface area contributed by atoms with Crippen molar-refractivity contribution in [1.29, 1.82) is 0 Å². The molecule has 156 valence electrons. The number of hydrogen-bond donors (Lipinski definition) is 3. The average Bonchev–Trinajstić information content (AvgIpc) is 2.61. The first-order valence-corrected chi connectivity index (χ1v) is 9.56. The third-order valence-corrected chi connectivity index (χ3v) is 4.87. The number of hydrogen-bond acceptors (Lipinski definition) is 3. The van der Waals surface area contributed by atoms with E-state index in [1.54, 1.807) is 13.1 Å². The highest BCUT2D eigenvalue weighted by atomic mass is 127. The molecule has 7 nitrogen and oxygen atoms in total. The maximum atomic E-state index is 12.2. The first-order valence-electron chi connectivity index (χ1n) is 9.19. The van der Waals surface area contributed by atoms with Gasteiger partial charge in [0, 0.05) is 39.5 Å². The molecule has 1 aliphatic rings. The molecule has 1 aliphatic heterocycles. The van der Waals surface area contributed by atoms with Crippen LogP contribution in [0.3, 0.4) is 0 Å². The quantitative estimate of drug-likeness (QED) is 0.304. The Hall–Kier alpha value is -1.55. The Morgan fingerprint density at radius 1 is 1.39 bits per heavy atom. The summed E-state index contributed by atoms with van der Waals surface area (Å²) in [6.07, 6.45) is 2.68. The molecule has 1 heterocycles. The summed E-state index contributed by atoms with van der Waals surface area (Å²) in [6.45, 7) is 4.02. The number of aryl methyl sites for hydroxylation is 1. The van der Waals surface area contributed by atoms with Gasteiger partial charge in [0.2, 0.25) is 11.8 Å². The van der Waals surface area contributed by atoms with Crippen molar-refractivity contribution in [1.82, 2.24) is 10.2 Å². The fourth-order valence-electron chi connectivity index (χ4n) is 3.26. The van der Waals surface area contributed by atoms with Gasteiger partial charge in [0.1, 0.15) is 0 Å². The van der Waals surface area contributed by atoms with E-state index in [2.05, 4.69) is 20.5 Å². The lowest BCUT2D eigenvalue weighted by atomic mass is 9.95. The van der Waals surface area contributed by atoms with Crippen molar-refractivity contribution in [2.75, 3.05) is 32.0 Å². The Kier molecular flexibility index (Phi) is 10.6. The zero-order valence-electron chi connectivity index (χ0n) is 16.3. The fraction of sp³-hybridized carbons (Fsp3) is 0.526. The van der Waals surface area contributed by atoms with Crippen molar-refractivity contribution in [3.05, 3.63) is 28.8 Å². The van der Waals surface area contributed by atoms with E-state index in [1.165, 1.54) is 0 Å². The topological polar surface area (TPSA) is 99.8 Å². The summed E-state index contributed by atoms with van der Waals surface area (Å²) >= 11 is 6.14. The Balaban J connectivity index is 0.00000392. The molecule has 0 radical (unpaired) electrons. The minimum atomic E-state index is -0.267. The van der Waals surface area contributed by atoms with E-state index in [9.17, 15) is 9.59 Å². The van der Waals surface area contributed by atoms with Crippen LogP contribution in [0.1, 0.15) is 31.2 Å². The van der Waals surface area contributed by atoms with Crippen LogP contribution < -0.4 is 16.4 Å². The molecule has 0 aromatic heterocycles. The molecule has 0 spiro atoms. The van der Waals surface area contributed by atoms with Crippen molar-refractivity contribution in [2.24, 2.45) is 16.6 Å². The first-order chi connectivity index (χ1) is 12.9. The molecular formula is C19H29ClIN5O2. The smallest absolute Gasteiger partial charge is 0.226 e. The lowest BCUT2D eigenvalue weighted by Gasteiger charge is -2.34. The van der Waals surface area contributed by atoms with Gasteiger partial charge in [-0.15, -0.1) is 24.0 Å². The number of carbonyl (C=O) groups excluding carboxylic acids is 2. The fourth-order valence-corrected chi connectivity index (χ4v) is 3.55. The highest BCUT2D eigenvalue weighted by molar-refractivity contribution is 14.0. The summed E-state index contributed by atoms with van der Waals surface area (Å²) in [6, 6.07) is 5.52. The lowest BCUT2D eigenvalue weighted by Crippen LogP contribution is -2.47. The van der Waals surface area contributed by atoms with Crippen molar-refractivity contribution in [2.45, 2.75) is 32.6 Å². The molecule has 1 atom stereocenters. The van der Waals surface area contributed by atoms with Crippen LogP contribution in [0.15, 0.2) is 23.2 Å². The number of guanidine groups is 1. The zero-order valence-corrected chi connectivity index (χ0v) is 19.4. The molecule has 0 bridgehead atoms. The van der Waals surface area contributed by atoms with Crippen molar-refractivity contribution in [3.8, 4) is 0 Å². The molecule has 28 heavy (non-hydrogen) atoms. The van der Waals surface area contributed by atoms with Gasteiger partial charge in [-0.3, -0.25) is 14.6 Å². The number of primary amides is 1. The summed E-state index contributed by atoms with van der Waals surface area (Å²) in [5, 5.41) is 6.57. The minimum Gasteiger partial charge on any atom is -0.370 e. The molecule has 1 fully saturated rings. The van der Waals surface area contributed by atoms with Gasteiger partial charge in [-0.05, 0) is 43.4 Å². The molecule has 9 heteroatoms. The van der Waals surface area contributed by atoms with E-state index in [-0.39, 0.29) is 41.7 Å². The SMILES string of the molecule is CN=C(NCCC(=O)Nc1ccc(C)cc1Cl)N1CCCC(CC(N)=O)C1.I. The normalized spacial score (nSPS) is 16.9. The molecular weight excluding hydrogens is 493 g/mol. The van der Waals surface area contributed by atoms with Gasteiger partial charge in [0.15, 0.2) is 5.96 Å². The number of amides is 2. The van der Waals surface area contributed by atoms with Gasteiger partial charge in [-0.2, -0.15) is 0 Å². The van der Waals surface area contributed by atoms with Crippen molar-refractivity contribution < 1.29 is 9.59 Å². The predicted octanol–water partition coefficient (Wildman–Crippen LogP) is 2.76. The predicted molar refractivity (Wildman–Crippen MR) is 124 cm³/mol. The summed E-state index contributed by atoms with van der Waals surface area (Å²) < 4.78 is 0.